The monoisotopic (exact) mass is 280 g/mol. The van der Waals surface area contributed by atoms with Crippen molar-refractivity contribution >= 4 is 5.78 Å². The minimum absolute atomic E-state index is 0.193. The summed E-state index contributed by atoms with van der Waals surface area (Å²) in [7, 11) is 0. The highest BCUT2D eigenvalue weighted by molar-refractivity contribution is 5.97. The van der Waals surface area contributed by atoms with Gasteiger partial charge in [-0.15, -0.1) is 0 Å². The first-order valence-corrected chi connectivity index (χ1v) is 7.42. The molecule has 3 rings (SSSR count). The molecule has 0 aromatic heterocycles. The van der Waals surface area contributed by atoms with E-state index in [-0.39, 0.29) is 11.8 Å². The average Bonchev–Trinajstić information content (AvgIpc) is 2.57. The number of nitrogens with zero attached hydrogens (tertiary/aromatic N) is 1. The summed E-state index contributed by atoms with van der Waals surface area (Å²) in [6, 6.07) is 20.2. The number of ketones is 1. The lowest BCUT2D eigenvalue weighted by Gasteiger charge is -2.36. The van der Waals surface area contributed by atoms with Crippen molar-refractivity contribution in [1.82, 2.24) is 10.2 Å². The van der Waals surface area contributed by atoms with Gasteiger partial charge in [0.25, 0.3) is 0 Å². The Morgan fingerprint density at radius 3 is 2.43 bits per heavy atom. The molecule has 3 heteroatoms. The van der Waals surface area contributed by atoms with E-state index in [1.54, 1.807) is 0 Å². The molecule has 0 bridgehead atoms. The van der Waals surface area contributed by atoms with Crippen LogP contribution < -0.4 is 5.32 Å². The molecule has 0 aliphatic carbocycles. The van der Waals surface area contributed by atoms with E-state index in [1.807, 2.05) is 36.4 Å². The Bertz CT molecular complexity index is 583. The van der Waals surface area contributed by atoms with Gasteiger partial charge in [-0.25, -0.2) is 0 Å². The van der Waals surface area contributed by atoms with Gasteiger partial charge in [0.1, 0.15) is 0 Å². The number of carbonyl (C=O) groups excluding carboxylic acids is 1. The molecule has 2 aromatic rings. The Balaban J connectivity index is 1.75. The molecule has 1 unspecified atom stereocenters. The third-order valence-electron chi connectivity index (χ3n) is 3.98. The fourth-order valence-corrected chi connectivity index (χ4v) is 2.84. The summed E-state index contributed by atoms with van der Waals surface area (Å²) in [6.07, 6.45) is 0. The first-order valence-electron chi connectivity index (χ1n) is 7.42. The summed E-state index contributed by atoms with van der Waals surface area (Å²) >= 11 is 0. The molecule has 0 amide bonds. The Labute approximate surface area is 125 Å². The Morgan fingerprint density at radius 1 is 1.05 bits per heavy atom. The lowest BCUT2D eigenvalue weighted by Crippen LogP contribution is -2.47. The molecule has 1 N–H and O–H groups in total. The molecule has 0 saturated carbocycles. The molecule has 1 atom stereocenters. The van der Waals surface area contributed by atoms with E-state index in [0.29, 0.717) is 6.54 Å². The van der Waals surface area contributed by atoms with Crippen LogP contribution in [0.3, 0.4) is 0 Å². The van der Waals surface area contributed by atoms with E-state index in [1.165, 1.54) is 5.56 Å². The smallest absolute Gasteiger partial charge is 0.176 e. The quantitative estimate of drug-likeness (QED) is 0.873. The van der Waals surface area contributed by atoms with Gasteiger partial charge < -0.3 is 5.32 Å². The lowest BCUT2D eigenvalue weighted by atomic mass is 10.0. The van der Waals surface area contributed by atoms with Crippen LogP contribution in [0.2, 0.25) is 0 Å². The third-order valence-corrected chi connectivity index (χ3v) is 3.98. The van der Waals surface area contributed by atoms with Crippen LogP contribution in [0.15, 0.2) is 60.7 Å². The standard InChI is InChI=1S/C18H20N2O/c21-18(16-9-5-2-6-10-16)14-20-12-11-19-13-17(20)15-7-3-1-4-8-15/h1-10,17,19H,11-14H2. The van der Waals surface area contributed by atoms with E-state index in [0.717, 1.165) is 25.2 Å². The van der Waals surface area contributed by atoms with Gasteiger partial charge in [0.05, 0.1) is 6.54 Å². The van der Waals surface area contributed by atoms with Gasteiger partial charge in [-0.3, -0.25) is 9.69 Å². The average molecular weight is 280 g/mol. The number of benzene rings is 2. The second-order valence-corrected chi connectivity index (χ2v) is 5.39. The minimum Gasteiger partial charge on any atom is -0.314 e. The lowest BCUT2D eigenvalue weighted by molar-refractivity contribution is 0.0861. The number of hydrogen-bond acceptors (Lipinski definition) is 3. The van der Waals surface area contributed by atoms with E-state index < -0.39 is 0 Å². The first-order chi connectivity index (χ1) is 10.3. The first kappa shape index (κ1) is 14.0. The molecule has 2 aromatic carbocycles. The zero-order valence-corrected chi connectivity index (χ0v) is 12.0. The zero-order valence-electron chi connectivity index (χ0n) is 12.0. The normalized spacial score (nSPS) is 19.3. The second-order valence-electron chi connectivity index (χ2n) is 5.39. The number of hydrogen-bond donors (Lipinski definition) is 1. The van der Waals surface area contributed by atoms with Crippen molar-refractivity contribution in [2.75, 3.05) is 26.2 Å². The van der Waals surface area contributed by atoms with Crippen LogP contribution in [0.4, 0.5) is 0 Å². The number of rotatable bonds is 4. The second kappa shape index (κ2) is 6.66. The van der Waals surface area contributed by atoms with Gasteiger partial charge in [-0.1, -0.05) is 60.7 Å². The summed E-state index contributed by atoms with van der Waals surface area (Å²) in [6.45, 7) is 3.21. The predicted octanol–water partition coefficient (Wildman–Crippen LogP) is 2.52. The molecule has 1 fully saturated rings. The van der Waals surface area contributed by atoms with Crippen molar-refractivity contribution in [2.45, 2.75) is 6.04 Å². The number of Topliss-reactive ketones (excluding diaryl/α,β-unsaturated/α-hetero) is 1. The maximum atomic E-state index is 12.4. The highest BCUT2D eigenvalue weighted by atomic mass is 16.1. The number of nitrogens with one attached hydrogen (secondary N) is 1. The summed E-state index contributed by atoms with van der Waals surface area (Å²) in [5, 5.41) is 3.42. The molecule has 1 heterocycles. The van der Waals surface area contributed by atoms with E-state index in [4.69, 9.17) is 0 Å². The van der Waals surface area contributed by atoms with Crippen LogP contribution in [0.1, 0.15) is 22.0 Å². The summed E-state index contributed by atoms with van der Waals surface area (Å²) in [5.41, 5.74) is 2.06. The van der Waals surface area contributed by atoms with Crippen LogP contribution in [0.25, 0.3) is 0 Å². The summed E-state index contributed by atoms with van der Waals surface area (Å²) in [4.78, 5) is 14.7. The predicted molar refractivity (Wildman–Crippen MR) is 84.4 cm³/mol. The Kier molecular flexibility index (Phi) is 4.43. The highest BCUT2D eigenvalue weighted by Gasteiger charge is 2.25. The van der Waals surface area contributed by atoms with Crippen molar-refractivity contribution in [3.63, 3.8) is 0 Å². The largest absolute Gasteiger partial charge is 0.314 e. The van der Waals surface area contributed by atoms with Gasteiger partial charge in [0, 0.05) is 31.2 Å². The maximum Gasteiger partial charge on any atom is 0.176 e. The number of piperazine rings is 1. The van der Waals surface area contributed by atoms with Crippen LogP contribution in [0, 0.1) is 0 Å². The van der Waals surface area contributed by atoms with Crippen molar-refractivity contribution in [2.24, 2.45) is 0 Å². The van der Waals surface area contributed by atoms with Gasteiger partial charge in [0.2, 0.25) is 0 Å². The molecule has 0 spiro atoms. The van der Waals surface area contributed by atoms with E-state index in [2.05, 4.69) is 34.5 Å². The van der Waals surface area contributed by atoms with Crippen LogP contribution in [0.5, 0.6) is 0 Å². The maximum absolute atomic E-state index is 12.4. The summed E-state index contributed by atoms with van der Waals surface area (Å²) in [5.74, 6) is 0.193. The Morgan fingerprint density at radius 2 is 1.71 bits per heavy atom. The molecule has 108 valence electrons. The molecular formula is C18H20N2O. The fourth-order valence-electron chi connectivity index (χ4n) is 2.84. The molecule has 1 saturated heterocycles. The van der Waals surface area contributed by atoms with Gasteiger partial charge in [0.15, 0.2) is 5.78 Å². The zero-order chi connectivity index (χ0) is 14.5. The van der Waals surface area contributed by atoms with Crippen molar-refractivity contribution in [3.8, 4) is 0 Å². The molecule has 1 aliphatic rings. The third kappa shape index (κ3) is 3.38. The van der Waals surface area contributed by atoms with E-state index >= 15 is 0 Å². The highest BCUT2D eigenvalue weighted by Crippen LogP contribution is 2.22. The van der Waals surface area contributed by atoms with Crippen molar-refractivity contribution in [3.05, 3.63) is 71.8 Å². The van der Waals surface area contributed by atoms with Crippen molar-refractivity contribution in [1.29, 1.82) is 0 Å². The fraction of sp³-hybridized carbons (Fsp3) is 0.278. The van der Waals surface area contributed by atoms with Crippen LogP contribution in [-0.2, 0) is 0 Å². The minimum atomic E-state index is 0.193. The van der Waals surface area contributed by atoms with Crippen LogP contribution in [-0.4, -0.2) is 36.9 Å². The number of carbonyl (C=O) groups is 1. The molecule has 0 radical (unpaired) electrons. The van der Waals surface area contributed by atoms with Gasteiger partial charge in [-0.2, -0.15) is 0 Å². The van der Waals surface area contributed by atoms with E-state index in [9.17, 15) is 4.79 Å². The SMILES string of the molecule is O=C(CN1CCNCC1c1ccccc1)c1ccccc1. The van der Waals surface area contributed by atoms with Gasteiger partial charge in [-0.05, 0) is 5.56 Å². The molecular weight excluding hydrogens is 260 g/mol. The van der Waals surface area contributed by atoms with Gasteiger partial charge >= 0.3 is 0 Å². The molecule has 1 aliphatic heterocycles. The molecule has 3 nitrogen and oxygen atoms in total. The van der Waals surface area contributed by atoms with Crippen LogP contribution >= 0.6 is 0 Å². The summed E-state index contributed by atoms with van der Waals surface area (Å²) < 4.78 is 0. The molecule has 21 heavy (non-hydrogen) atoms. The van der Waals surface area contributed by atoms with Crippen molar-refractivity contribution < 1.29 is 4.79 Å². The Hall–Kier alpha value is -1.97. The topological polar surface area (TPSA) is 32.3 Å².